The zero-order valence-corrected chi connectivity index (χ0v) is 16.9. The number of hydrogen-bond acceptors (Lipinski definition) is 8. The van der Waals surface area contributed by atoms with Gasteiger partial charge >= 0.3 is 0 Å². The number of furan rings is 1. The minimum Gasteiger partial charge on any atom is -0.451 e. The van der Waals surface area contributed by atoms with Gasteiger partial charge in [0.05, 0.1) is 18.1 Å². The molecule has 9 nitrogen and oxygen atoms in total. The molecule has 4 aromatic rings. The number of sulfonamides is 1. The molecule has 1 aromatic carbocycles. The minimum atomic E-state index is -3.60. The Morgan fingerprint density at radius 1 is 1.13 bits per heavy atom. The molecule has 0 aliphatic carbocycles. The first-order valence-electron chi connectivity index (χ1n) is 9.39. The molecule has 1 saturated heterocycles. The second-order valence-electron chi connectivity index (χ2n) is 6.90. The average Bonchev–Trinajstić information content (AvgIpc) is 3.40. The third kappa shape index (κ3) is 3.18. The quantitative estimate of drug-likeness (QED) is 0.490. The van der Waals surface area contributed by atoms with E-state index in [1.165, 1.54) is 4.31 Å². The zero-order valence-electron chi connectivity index (χ0n) is 16.1. The van der Waals surface area contributed by atoms with Crippen molar-refractivity contribution in [3.63, 3.8) is 0 Å². The highest BCUT2D eigenvalue weighted by Gasteiger charge is 2.28. The molecule has 3 aromatic heterocycles. The maximum atomic E-state index is 13.0. The van der Waals surface area contributed by atoms with Gasteiger partial charge in [-0.1, -0.05) is 5.16 Å². The number of aromatic nitrogens is 3. The summed E-state index contributed by atoms with van der Waals surface area (Å²) >= 11 is 0. The molecule has 1 aliphatic rings. The zero-order chi connectivity index (χ0) is 20.7. The number of fused-ring (bicyclic) bond motifs is 1. The lowest BCUT2D eigenvalue weighted by Gasteiger charge is -2.26. The van der Waals surface area contributed by atoms with Crippen molar-refractivity contribution in [1.82, 2.24) is 19.4 Å². The van der Waals surface area contributed by atoms with Crippen LogP contribution in [0.2, 0.25) is 0 Å². The maximum Gasteiger partial charge on any atom is 0.294 e. The Balaban J connectivity index is 1.53. The summed E-state index contributed by atoms with van der Waals surface area (Å²) in [6.45, 7) is 3.31. The molecule has 154 valence electrons. The number of pyridine rings is 1. The Hall–Kier alpha value is -3.08. The van der Waals surface area contributed by atoms with Gasteiger partial charge in [-0.2, -0.15) is 9.29 Å². The fourth-order valence-corrected chi connectivity index (χ4v) is 4.86. The standard InChI is InChI=1S/C20H18N4O5S/c1-13-16-11-15(30(25,26)24-7-9-27-10-8-24)4-5-17(16)28-18(13)20-22-19(23-29-20)14-3-2-6-21-12-14/h2-6,11-12H,7-10H2,1H3. The first kappa shape index (κ1) is 18.9. The third-order valence-corrected chi connectivity index (χ3v) is 6.95. The molecule has 1 fully saturated rings. The number of benzene rings is 1. The van der Waals surface area contributed by atoms with Gasteiger partial charge in [-0.3, -0.25) is 4.98 Å². The SMILES string of the molecule is Cc1c(-c2nc(-c3cccnc3)no2)oc2ccc(S(=O)(=O)N3CCOCC3)cc12. The van der Waals surface area contributed by atoms with Crippen molar-refractivity contribution in [2.45, 2.75) is 11.8 Å². The third-order valence-electron chi connectivity index (χ3n) is 5.06. The number of morpholine rings is 1. The molecular weight excluding hydrogens is 408 g/mol. The number of nitrogens with zero attached hydrogens (tertiary/aromatic N) is 4. The van der Waals surface area contributed by atoms with Gasteiger partial charge in [0, 0.05) is 42.0 Å². The molecule has 0 unspecified atom stereocenters. The summed E-state index contributed by atoms with van der Waals surface area (Å²) in [6.07, 6.45) is 3.30. The summed E-state index contributed by atoms with van der Waals surface area (Å²) in [5.74, 6) is 1.03. The van der Waals surface area contributed by atoms with Crippen LogP contribution in [0, 0.1) is 6.92 Å². The van der Waals surface area contributed by atoms with Crippen molar-refractivity contribution in [2.75, 3.05) is 26.3 Å². The van der Waals surface area contributed by atoms with E-state index in [9.17, 15) is 8.42 Å². The molecule has 5 rings (SSSR count). The molecular formula is C20H18N4O5S. The van der Waals surface area contributed by atoms with Gasteiger partial charge in [0.1, 0.15) is 5.58 Å². The van der Waals surface area contributed by atoms with E-state index in [1.54, 1.807) is 36.7 Å². The molecule has 1 aliphatic heterocycles. The van der Waals surface area contributed by atoms with Crippen LogP contribution in [0.5, 0.6) is 0 Å². The normalized spacial score (nSPS) is 15.6. The highest BCUT2D eigenvalue weighted by Crippen LogP contribution is 2.34. The molecule has 0 saturated carbocycles. The number of hydrogen-bond donors (Lipinski definition) is 0. The number of rotatable bonds is 4. The summed E-state index contributed by atoms with van der Waals surface area (Å²) in [4.78, 5) is 8.67. The number of aryl methyl sites for hydroxylation is 1. The van der Waals surface area contributed by atoms with Crippen LogP contribution in [0.25, 0.3) is 34.0 Å². The summed E-state index contributed by atoms with van der Waals surface area (Å²) in [6, 6.07) is 8.44. The second-order valence-corrected chi connectivity index (χ2v) is 8.83. The smallest absolute Gasteiger partial charge is 0.294 e. The monoisotopic (exact) mass is 426 g/mol. The van der Waals surface area contributed by atoms with Crippen LogP contribution in [0.3, 0.4) is 0 Å². The Morgan fingerprint density at radius 3 is 2.73 bits per heavy atom. The second kappa shape index (κ2) is 7.31. The van der Waals surface area contributed by atoms with E-state index in [2.05, 4.69) is 15.1 Å². The summed E-state index contributed by atoms with van der Waals surface area (Å²) in [7, 11) is -3.60. The fraction of sp³-hybridized carbons (Fsp3) is 0.250. The summed E-state index contributed by atoms with van der Waals surface area (Å²) in [5.41, 5.74) is 2.00. The summed E-state index contributed by atoms with van der Waals surface area (Å²) < 4.78 is 43.9. The van der Waals surface area contributed by atoms with E-state index < -0.39 is 10.0 Å². The van der Waals surface area contributed by atoms with Crippen LogP contribution >= 0.6 is 0 Å². The van der Waals surface area contributed by atoms with Crippen LogP contribution < -0.4 is 0 Å². The highest BCUT2D eigenvalue weighted by atomic mass is 32.2. The van der Waals surface area contributed by atoms with Gasteiger partial charge in [-0.15, -0.1) is 0 Å². The predicted molar refractivity (Wildman–Crippen MR) is 107 cm³/mol. The van der Waals surface area contributed by atoms with Crippen LogP contribution in [0.1, 0.15) is 5.56 Å². The van der Waals surface area contributed by atoms with E-state index in [1.807, 2.05) is 13.0 Å². The molecule has 0 atom stereocenters. The first-order valence-corrected chi connectivity index (χ1v) is 10.8. The molecule has 0 N–H and O–H groups in total. The molecule has 0 amide bonds. The maximum absolute atomic E-state index is 13.0. The average molecular weight is 426 g/mol. The van der Waals surface area contributed by atoms with E-state index >= 15 is 0 Å². The highest BCUT2D eigenvalue weighted by molar-refractivity contribution is 7.89. The van der Waals surface area contributed by atoms with Gasteiger partial charge < -0.3 is 13.7 Å². The molecule has 0 radical (unpaired) electrons. The van der Waals surface area contributed by atoms with Crippen LogP contribution in [-0.4, -0.2) is 54.2 Å². The van der Waals surface area contributed by atoms with Crippen molar-refractivity contribution >= 4 is 21.0 Å². The largest absolute Gasteiger partial charge is 0.451 e. The van der Waals surface area contributed by atoms with Gasteiger partial charge in [0.2, 0.25) is 15.8 Å². The Morgan fingerprint density at radius 2 is 1.97 bits per heavy atom. The van der Waals surface area contributed by atoms with Gasteiger partial charge in [0.15, 0.2) is 5.76 Å². The van der Waals surface area contributed by atoms with Gasteiger partial charge in [-0.25, -0.2) is 8.42 Å². The molecule has 10 heteroatoms. The lowest BCUT2D eigenvalue weighted by molar-refractivity contribution is 0.0730. The van der Waals surface area contributed by atoms with E-state index in [0.717, 1.165) is 11.1 Å². The van der Waals surface area contributed by atoms with E-state index in [-0.39, 0.29) is 10.8 Å². The molecule has 0 spiro atoms. The molecule has 30 heavy (non-hydrogen) atoms. The predicted octanol–water partition coefficient (Wildman–Crippen LogP) is 2.87. The fourth-order valence-electron chi connectivity index (χ4n) is 3.43. The molecule has 0 bridgehead atoms. The van der Waals surface area contributed by atoms with Crippen molar-refractivity contribution < 1.29 is 22.1 Å². The minimum absolute atomic E-state index is 0.217. The topological polar surface area (TPSA) is 112 Å². The summed E-state index contributed by atoms with van der Waals surface area (Å²) in [5, 5.41) is 4.67. The Kier molecular flexibility index (Phi) is 4.61. The van der Waals surface area contributed by atoms with E-state index in [4.69, 9.17) is 13.7 Å². The van der Waals surface area contributed by atoms with Crippen molar-refractivity contribution in [1.29, 1.82) is 0 Å². The van der Waals surface area contributed by atoms with Crippen LogP contribution in [-0.2, 0) is 14.8 Å². The van der Waals surface area contributed by atoms with Crippen LogP contribution in [0.4, 0.5) is 0 Å². The Labute approximate surface area is 172 Å². The lowest BCUT2D eigenvalue weighted by Crippen LogP contribution is -2.40. The van der Waals surface area contributed by atoms with Gasteiger partial charge in [0.25, 0.3) is 5.89 Å². The van der Waals surface area contributed by atoms with Crippen molar-refractivity contribution in [3.05, 3.63) is 48.3 Å². The number of ether oxygens (including phenoxy) is 1. The Bertz CT molecular complexity index is 1310. The molecule has 4 heterocycles. The van der Waals surface area contributed by atoms with Crippen molar-refractivity contribution in [3.8, 4) is 23.0 Å². The van der Waals surface area contributed by atoms with Crippen molar-refractivity contribution in [2.24, 2.45) is 0 Å². The van der Waals surface area contributed by atoms with E-state index in [0.29, 0.717) is 48.9 Å². The van der Waals surface area contributed by atoms with Gasteiger partial charge in [-0.05, 0) is 37.3 Å². The van der Waals surface area contributed by atoms with Crippen LogP contribution in [0.15, 0.2) is 56.6 Å². The lowest BCUT2D eigenvalue weighted by atomic mass is 10.1. The first-order chi connectivity index (χ1) is 14.5.